The molecule has 26 heavy (non-hydrogen) atoms. The molecular weight excluding hydrogens is 328 g/mol. The van der Waals surface area contributed by atoms with E-state index in [0.717, 1.165) is 44.0 Å². The molecule has 1 aliphatic rings. The van der Waals surface area contributed by atoms with Crippen molar-refractivity contribution in [3.63, 3.8) is 0 Å². The van der Waals surface area contributed by atoms with Gasteiger partial charge in [0.15, 0.2) is 0 Å². The molecule has 0 aliphatic carbocycles. The third-order valence-corrected chi connectivity index (χ3v) is 4.98. The number of hydrogen-bond donors (Lipinski definition) is 1. The predicted octanol–water partition coefficient (Wildman–Crippen LogP) is 2.58. The van der Waals surface area contributed by atoms with Gasteiger partial charge in [-0.2, -0.15) is 0 Å². The molecule has 6 heteroatoms. The maximum absolute atomic E-state index is 12.4. The van der Waals surface area contributed by atoms with Gasteiger partial charge in [-0.3, -0.25) is 0 Å². The summed E-state index contributed by atoms with van der Waals surface area (Å²) in [5.41, 5.74) is 2.38. The molecule has 0 spiro atoms. The standard InChI is InChI=1S/C20H28N4O2/c1-16-14-22-19(24(16)12-13-26-2)18-9-11-23(15-18)20(25)21-10-8-17-6-4-3-5-7-17/h3-7,14,18H,8-13,15H2,1-2H3,(H,21,25). The monoisotopic (exact) mass is 356 g/mol. The Bertz CT molecular complexity index is 714. The highest BCUT2D eigenvalue weighted by molar-refractivity contribution is 5.74. The molecule has 1 aromatic carbocycles. The van der Waals surface area contributed by atoms with E-state index in [1.54, 1.807) is 7.11 Å². The second-order valence-electron chi connectivity index (χ2n) is 6.80. The van der Waals surface area contributed by atoms with E-state index in [2.05, 4.69) is 33.9 Å². The van der Waals surface area contributed by atoms with Crippen molar-refractivity contribution in [3.05, 3.63) is 53.6 Å². The molecule has 1 unspecified atom stereocenters. The molecule has 3 rings (SSSR count). The first-order chi connectivity index (χ1) is 12.7. The first-order valence-corrected chi connectivity index (χ1v) is 9.26. The second-order valence-corrected chi connectivity index (χ2v) is 6.80. The summed E-state index contributed by atoms with van der Waals surface area (Å²) in [6.45, 7) is 5.69. The third-order valence-electron chi connectivity index (χ3n) is 4.98. The highest BCUT2D eigenvalue weighted by Crippen LogP contribution is 2.27. The summed E-state index contributed by atoms with van der Waals surface area (Å²) in [4.78, 5) is 18.9. The Morgan fingerprint density at radius 1 is 1.35 bits per heavy atom. The number of aromatic nitrogens is 2. The quantitative estimate of drug-likeness (QED) is 0.829. The molecule has 1 fully saturated rings. The van der Waals surface area contributed by atoms with Crippen LogP contribution >= 0.6 is 0 Å². The highest BCUT2D eigenvalue weighted by atomic mass is 16.5. The van der Waals surface area contributed by atoms with E-state index < -0.39 is 0 Å². The molecule has 1 N–H and O–H groups in total. The Balaban J connectivity index is 1.51. The fourth-order valence-corrected chi connectivity index (χ4v) is 3.50. The first kappa shape index (κ1) is 18.5. The second kappa shape index (κ2) is 8.85. The number of nitrogens with zero attached hydrogens (tertiary/aromatic N) is 3. The van der Waals surface area contributed by atoms with Crippen LogP contribution in [-0.4, -0.2) is 53.8 Å². The molecule has 0 radical (unpaired) electrons. The molecule has 1 aromatic heterocycles. The van der Waals surface area contributed by atoms with E-state index in [-0.39, 0.29) is 6.03 Å². The molecule has 6 nitrogen and oxygen atoms in total. The number of rotatable bonds is 7. The summed E-state index contributed by atoms with van der Waals surface area (Å²) in [6.07, 6.45) is 3.72. The van der Waals surface area contributed by atoms with Crippen molar-refractivity contribution >= 4 is 6.03 Å². The van der Waals surface area contributed by atoms with Gasteiger partial charge < -0.3 is 19.5 Å². The van der Waals surface area contributed by atoms with Crippen LogP contribution in [0, 0.1) is 6.92 Å². The zero-order valence-electron chi connectivity index (χ0n) is 15.6. The summed E-state index contributed by atoms with van der Waals surface area (Å²) in [7, 11) is 1.71. The lowest BCUT2D eigenvalue weighted by atomic mass is 10.1. The van der Waals surface area contributed by atoms with Gasteiger partial charge in [-0.05, 0) is 25.3 Å². The Kier molecular flexibility index (Phi) is 6.28. The van der Waals surface area contributed by atoms with Crippen molar-refractivity contribution in [1.29, 1.82) is 0 Å². The smallest absolute Gasteiger partial charge is 0.317 e. The molecule has 1 atom stereocenters. The van der Waals surface area contributed by atoms with E-state index in [1.807, 2.05) is 29.3 Å². The number of nitrogens with one attached hydrogen (secondary N) is 1. The van der Waals surface area contributed by atoms with Crippen LogP contribution in [0.25, 0.3) is 0 Å². The van der Waals surface area contributed by atoms with E-state index >= 15 is 0 Å². The van der Waals surface area contributed by atoms with Gasteiger partial charge in [0.2, 0.25) is 0 Å². The van der Waals surface area contributed by atoms with Crippen LogP contribution in [0.1, 0.15) is 29.4 Å². The SMILES string of the molecule is COCCn1c(C)cnc1C1CCN(C(=O)NCCc2ccccc2)C1. The average Bonchev–Trinajstić information content (AvgIpc) is 3.27. The molecule has 2 aromatic rings. The van der Waals surface area contributed by atoms with Gasteiger partial charge in [0.1, 0.15) is 5.82 Å². The van der Waals surface area contributed by atoms with Gasteiger partial charge in [-0.25, -0.2) is 9.78 Å². The Hall–Kier alpha value is -2.34. The average molecular weight is 356 g/mol. The largest absolute Gasteiger partial charge is 0.383 e. The molecule has 0 bridgehead atoms. The number of urea groups is 1. The van der Waals surface area contributed by atoms with E-state index in [9.17, 15) is 4.79 Å². The van der Waals surface area contributed by atoms with E-state index in [4.69, 9.17) is 4.74 Å². The Labute approximate surface area is 155 Å². The summed E-state index contributed by atoms with van der Waals surface area (Å²) < 4.78 is 7.42. The molecule has 0 saturated carbocycles. The highest BCUT2D eigenvalue weighted by Gasteiger charge is 2.30. The van der Waals surface area contributed by atoms with E-state index in [1.165, 1.54) is 5.56 Å². The topological polar surface area (TPSA) is 59.4 Å². The van der Waals surface area contributed by atoms with Gasteiger partial charge in [0.05, 0.1) is 6.61 Å². The Morgan fingerprint density at radius 2 is 2.15 bits per heavy atom. The minimum absolute atomic E-state index is 0.0233. The van der Waals surface area contributed by atoms with Crippen molar-refractivity contribution in [1.82, 2.24) is 19.8 Å². The minimum Gasteiger partial charge on any atom is -0.383 e. The van der Waals surface area contributed by atoms with Crippen molar-refractivity contribution in [2.75, 3.05) is 33.4 Å². The van der Waals surface area contributed by atoms with Crippen LogP contribution in [-0.2, 0) is 17.7 Å². The molecular formula is C20H28N4O2. The number of aryl methyl sites for hydroxylation is 1. The number of carbonyl (C=O) groups excluding carboxylic acids is 1. The molecule has 2 amide bonds. The van der Waals surface area contributed by atoms with Crippen molar-refractivity contribution < 1.29 is 9.53 Å². The van der Waals surface area contributed by atoms with Gasteiger partial charge >= 0.3 is 6.03 Å². The number of imidazole rings is 1. The van der Waals surface area contributed by atoms with Gasteiger partial charge in [-0.1, -0.05) is 30.3 Å². The lowest BCUT2D eigenvalue weighted by Gasteiger charge is -2.18. The lowest BCUT2D eigenvalue weighted by molar-refractivity contribution is 0.185. The van der Waals surface area contributed by atoms with Gasteiger partial charge in [-0.15, -0.1) is 0 Å². The fourth-order valence-electron chi connectivity index (χ4n) is 3.50. The summed E-state index contributed by atoms with van der Waals surface area (Å²) in [5, 5.41) is 3.04. The lowest BCUT2D eigenvalue weighted by Crippen LogP contribution is -2.39. The van der Waals surface area contributed by atoms with Gasteiger partial charge in [0, 0.05) is 51.1 Å². The van der Waals surface area contributed by atoms with Crippen molar-refractivity contribution in [3.8, 4) is 0 Å². The minimum atomic E-state index is 0.0233. The molecule has 2 heterocycles. The van der Waals surface area contributed by atoms with Gasteiger partial charge in [0.25, 0.3) is 0 Å². The number of amides is 2. The number of hydrogen-bond acceptors (Lipinski definition) is 3. The van der Waals surface area contributed by atoms with Crippen LogP contribution in [0.5, 0.6) is 0 Å². The number of ether oxygens (including phenoxy) is 1. The van der Waals surface area contributed by atoms with Crippen LogP contribution in [0.2, 0.25) is 0 Å². The maximum Gasteiger partial charge on any atom is 0.317 e. The van der Waals surface area contributed by atoms with Crippen LogP contribution < -0.4 is 5.32 Å². The number of likely N-dealkylation sites (tertiary alicyclic amines) is 1. The zero-order chi connectivity index (χ0) is 18.4. The summed E-state index contributed by atoms with van der Waals surface area (Å²) in [6, 6.07) is 10.2. The van der Waals surface area contributed by atoms with E-state index in [0.29, 0.717) is 19.1 Å². The molecule has 140 valence electrons. The molecule has 1 aliphatic heterocycles. The first-order valence-electron chi connectivity index (χ1n) is 9.26. The predicted molar refractivity (Wildman–Crippen MR) is 101 cm³/mol. The van der Waals surface area contributed by atoms with Crippen LogP contribution in [0.15, 0.2) is 36.5 Å². The summed E-state index contributed by atoms with van der Waals surface area (Å²) >= 11 is 0. The third kappa shape index (κ3) is 4.43. The van der Waals surface area contributed by atoms with Crippen LogP contribution in [0.4, 0.5) is 4.79 Å². The van der Waals surface area contributed by atoms with Crippen LogP contribution in [0.3, 0.4) is 0 Å². The molecule has 1 saturated heterocycles. The normalized spacial score (nSPS) is 16.8. The van der Waals surface area contributed by atoms with Crippen molar-refractivity contribution in [2.24, 2.45) is 0 Å². The number of carbonyl (C=O) groups is 1. The maximum atomic E-state index is 12.4. The fraction of sp³-hybridized carbons (Fsp3) is 0.500. The van der Waals surface area contributed by atoms with Crippen molar-refractivity contribution in [2.45, 2.75) is 32.2 Å². The number of benzene rings is 1. The number of methoxy groups -OCH3 is 1. The zero-order valence-corrected chi connectivity index (χ0v) is 15.6. The summed E-state index contributed by atoms with van der Waals surface area (Å²) in [5.74, 6) is 1.36. The Morgan fingerprint density at radius 3 is 2.92 bits per heavy atom.